The molecule has 2 aromatic heterocycles. The average molecular weight is 620 g/mol. The Morgan fingerprint density at radius 3 is 2.63 bits per heavy atom. The van der Waals surface area contributed by atoms with E-state index in [9.17, 15) is 14.5 Å². The smallest absolute Gasteiger partial charge is 0.380 e. The molecule has 14 nitrogen and oxygen atoms in total. The number of nitrogen functional groups attached to an aromatic ring is 1. The van der Waals surface area contributed by atoms with Crippen LogP contribution in [0.4, 0.5) is 5.95 Å². The van der Waals surface area contributed by atoms with Crippen molar-refractivity contribution in [3.8, 4) is 11.6 Å². The molecule has 2 fully saturated rings. The zero-order valence-electron chi connectivity index (χ0n) is 24.8. The fraction of sp³-hybridized carbons (Fsp3) is 0.571. The number of hydrogen-bond acceptors (Lipinski definition) is 13. The van der Waals surface area contributed by atoms with Crippen molar-refractivity contribution in [2.24, 2.45) is 11.3 Å². The minimum Gasteiger partial charge on any atom is -0.479 e. The van der Waals surface area contributed by atoms with Crippen molar-refractivity contribution in [2.75, 3.05) is 38.8 Å². The summed E-state index contributed by atoms with van der Waals surface area (Å²) in [5.74, 6) is -0.836. The average Bonchev–Trinajstić information content (AvgIpc) is 3.48. The molecule has 1 spiro atoms. The number of benzene rings is 1. The zero-order chi connectivity index (χ0) is 31.0. The van der Waals surface area contributed by atoms with Gasteiger partial charge in [0.1, 0.15) is 23.6 Å². The standard InChI is InChI=1S/C28H38N5O9P/c1-17(24(35)38-15-27(2,3)4)14-43(36,42-18-9-7-6-8-10-18)40-13-19-21(34)28(11-12-39-28)25(41-19)33-16-30-20-22(33)31-26(29)32-23(20)37-5/h6-10,16-17,19,21,25,34H,11-15H2,1-5H3,(H2,29,31,32)/t17-,19?,21-,25?,28-,43?/m1/s1. The van der Waals surface area contributed by atoms with Gasteiger partial charge in [0.05, 0.1) is 45.3 Å². The molecule has 5 rings (SSSR count). The first-order valence-electron chi connectivity index (χ1n) is 14.0. The van der Waals surface area contributed by atoms with Crippen LogP contribution in [-0.4, -0.2) is 81.5 Å². The van der Waals surface area contributed by atoms with Gasteiger partial charge >= 0.3 is 13.6 Å². The number of hydrogen-bond donors (Lipinski definition) is 2. The van der Waals surface area contributed by atoms with Gasteiger partial charge in [-0.05, 0) is 17.5 Å². The number of methoxy groups -OCH3 is 1. The monoisotopic (exact) mass is 619 g/mol. The number of aromatic nitrogens is 4. The van der Waals surface area contributed by atoms with Crippen molar-refractivity contribution in [2.45, 2.75) is 58.2 Å². The first-order valence-corrected chi connectivity index (χ1v) is 15.7. The number of anilines is 1. The summed E-state index contributed by atoms with van der Waals surface area (Å²) in [4.78, 5) is 25.5. The molecule has 0 aliphatic carbocycles. The minimum atomic E-state index is -3.97. The fourth-order valence-corrected chi connectivity index (χ4v) is 6.89. The van der Waals surface area contributed by atoms with E-state index in [1.54, 1.807) is 41.8 Å². The molecule has 3 N–H and O–H groups in total. The van der Waals surface area contributed by atoms with Crippen LogP contribution >= 0.6 is 7.60 Å². The van der Waals surface area contributed by atoms with Gasteiger partial charge in [-0.2, -0.15) is 9.97 Å². The van der Waals surface area contributed by atoms with Gasteiger partial charge in [0.2, 0.25) is 11.8 Å². The molecule has 2 aliphatic rings. The van der Waals surface area contributed by atoms with E-state index in [1.165, 1.54) is 13.4 Å². The molecule has 0 bridgehead atoms. The fourth-order valence-electron chi connectivity index (χ4n) is 5.02. The second kappa shape index (κ2) is 12.0. The van der Waals surface area contributed by atoms with Crippen molar-refractivity contribution in [3.63, 3.8) is 0 Å². The predicted octanol–water partition coefficient (Wildman–Crippen LogP) is 3.35. The SMILES string of the molecule is COc1nc(N)nc2c1ncn2C1OC(COP(=O)(C[C@@H](C)C(=O)OCC(C)(C)C)Oc2ccccc2)[C@@H](O)[C@]12CCO2. The van der Waals surface area contributed by atoms with Crippen molar-refractivity contribution in [3.05, 3.63) is 36.7 Å². The maximum atomic E-state index is 14.1. The topological polar surface area (TPSA) is 179 Å². The predicted molar refractivity (Wildman–Crippen MR) is 155 cm³/mol. The Bertz CT molecular complexity index is 1490. The van der Waals surface area contributed by atoms with E-state index < -0.39 is 43.5 Å². The van der Waals surface area contributed by atoms with E-state index >= 15 is 0 Å². The van der Waals surface area contributed by atoms with Crippen LogP contribution in [0, 0.1) is 11.3 Å². The maximum absolute atomic E-state index is 14.1. The molecule has 43 heavy (non-hydrogen) atoms. The molecule has 0 amide bonds. The summed E-state index contributed by atoms with van der Waals surface area (Å²) in [6.07, 6.45) is -1.29. The third-order valence-corrected chi connectivity index (χ3v) is 9.29. The molecule has 3 aromatic rings. The number of para-hydroxylation sites is 1. The van der Waals surface area contributed by atoms with Crippen LogP contribution < -0.4 is 15.0 Å². The van der Waals surface area contributed by atoms with E-state index in [4.69, 9.17) is 33.7 Å². The number of aliphatic hydroxyl groups excluding tert-OH is 1. The Morgan fingerprint density at radius 1 is 1.28 bits per heavy atom. The van der Waals surface area contributed by atoms with Crippen molar-refractivity contribution in [1.29, 1.82) is 0 Å². The molecule has 234 valence electrons. The van der Waals surface area contributed by atoms with Gasteiger partial charge in [-0.15, -0.1) is 0 Å². The number of fused-ring (bicyclic) bond motifs is 1. The van der Waals surface area contributed by atoms with Gasteiger partial charge in [0.15, 0.2) is 17.4 Å². The lowest BCUT2D eigenvalue weighted by Gasteiger charge is -2.44. The largest absolute Gasteiger partial charge is 0.479 e. The molecular formula is C28H38N5O9P. The number of esters is 1. The lowest BCUT2D eigenvalue weighted by Crippen LogP contribution is -2.56. The highest BCUT2D eigenvalue weighted by Crippen LogP contribution is 2.53. The number of nitrogens with zero attached hydrogens (tertiary/aromatic N) is 4. The van der Waals surface area contributed by atoms with Crippen LogP contribution in [0.2, 0.25) is 0 Å². The third kappa shape index (κ3) is 6.48. The number of imidazole rings is 1. The van der Waals surface area contributed by atoms with E-state index in [2.05, 4.69) is 15.0 Å². The van der Waals surface area contributed by atoms with Crippen LogP contribution in [-0.2, 0) is 28.1 Å². The Hall–Kier alpha value is -3.29. The van der Waals surface area contributed by atoms with Crippen molar-refractivity contribution < 1.29 is 42.5 Å². The molecule has 1 aromatic carbocycles. The van der Waals surface area contributed by atoms with Gasteiger partial charge in [0, 0.05) is 6.42 Å². The molecule has 6 atom stereocenters. The Balaban J connectivity index is 1.36. The normalized spacial score (nSPS) is 25.7. The van der Waals surface area contributed by atoms with Gasteiger partial charge < -0.3 is 34.3 Å². The van der Waals surface area contributed by atoms with E-state index in [0.717, 1.165) is 0 Å². The Kier molecular flexibility index (Phi) is 8.70. The highest BCUT2D eigenvalue weighted by Gasteiger charge is 2.62. The van der Waals surface area contributed by atoms with Gasteiger partial charge in [0.25, 0.3) is 0 Å². The zero-order valence-corrected chi connectivity index (χ0v) is 25.7. The number of nitrogens with two attached hydrogens (primary N) is 1. The first-order chi connectivity index (χ1) is 20.3. The van der Waals surface area contributed by atoms with E-state index in [0.29, 0.717) is 29.9 Å². The van der Waals surface area contributed by atoms with Crippen LogP contribution in [0.3, 0.4) is 0 Å². The summed E-state index contributed by atoms with van der Waals surface area (Å²) < 4.78 is 50.4. The summed E-state index contributed by atoms with van der Waals surface area (Å²) >= 11 is 0. The summed E-state index contributed by atoms with van der Waals surface area (Å²) in [5.41, 5.74) is 5.22. The van der Waals surface area contributed by atoms with Gasteiger partial charge in [-0.25, -0.2) is 9.55 Å². The first kappa shape index (κ1) is 31.1. The quantitative estimate of drug-likeness (QED) is 0.236. The van der Waals surface area contributed by atoms with Crippen LogP contribution in [0.5, 0.6) is 11.6 Å². The summed E-state index contributed by atoms with van der Waals surface area (Å²) in [5, 5.41) is 11.4. The number of carbonyl (C=O) groups excluding carboxylic acids is 1. The van der Waals surface area contributed by atoms with Crippen LogP contribution in [0.15, 0.2) is 36.7 Å². The van der Waals surface area contributed by atoms with Crippen molar-refractivity contribution >= 4 is 30.7 Å². The Morgan fingerprint density at radius 2 is 2.00 bits per heavy atom. The Labute approximate surface area is 249 Å². The lowest BCUT2D eigenvalue weighted by molar-refractivity contribution is -0.225. The summed E-state index contributed by atoms with van der Waals surface area (Å²) in [6.45, 7) is 7.74. The number of aliphatic hydroxyl groups is 1. The molecule has 2 aliphatic heterocycles. The van der Waals surface area contributed by atoms with Crippen LogP contribution in [0.1, 0.15) is 40.3 Å². The molecule has 4 heterocycles. The third-order valence-electron chi connectivity index (χ3n) is 7.26. The minimum absolute atomic E-state index is 0.0257. The summed E-state index contributed by atoms with van der Waals surface area (Å²) in [6, 6.07) is 8.53. The molecule has 0 saturated carbocycles. The number of rotatable bonds is 11. The van der Waals surface area contributed by atoms with E-state index in [-0.39, 0.29) is 36.6 Å². The molecule has 0 radical (unpaired) electrons. The number of carbonyl (C=O) groups is 1. The molecular weight excluding hydrogens is 581 g/mol. The van der Waals surface area contributed by atoms with Crippen molar-refractivity contribution in [1.82, 2.24) is 19.5 Å². The second-order valence-corrected chi connectivity index (χ2v) is 14.0. The van der Waals surface area contributed by atoms with E-state index in [1.807, 2.05) is 20.8 Å². The van der Waals surface area contributed by atoms with Crippen LogP contribution in [0.25, 0.3) is 11.2 Å². The summed E-state index contributed by atoms with van der Waals surface area (Å²) in [7, 11) is -2.52. The molecule has 15 heteroatoms. The molecule has 2 saturated heterocycles. The second-order valence-electron chi connectivity index (χ2n) is 12.0. The van der Waals surface area contributed by atoms with Gasteiger partial charge in [-0.3, -0.25) is 13.9 Å². The highest BCUT2D eigenvalue weighted by molar-refractivity contribution is 7.54. The number of ether oxygens (including phenoxy) is 4. The van der Waals surface area contributed by atoms with Gasteiger partial charge in [-0.1, -0.05) is 45.9 Å². The highest BCUT2D eigenvalue weighted by atomic mass is 31.2. The molecule has 3 unspecified atom stereocenters. The maximum Gasteiger partial charge on any atom is 0.380 e. The lowest BCUT2D eigenvalue weighted by atomic mass is 9.86.